The van der Waals surface area contributed by atoms with Crippen LogP contribution in [0.3, 0.4) is 0 Å². The number of morpholine rings is 1. The maximum atomic E-state index is 11.3. The van der Waals surface area contributed by atoms with Crippen molar-refractivity contribution in [1.82, 2.24) is 4.90 Å². The van der Waals surface area contributed by atoms with E-state index in [9.17, 15) is 4.79 Å². The monoisotopic (exact) mass is 259 g/mol. The van der Waals surface area contributed by atoms with Gasteiger partial charge < -0.3 is 4.74 Å². The molecule has 1 saturated heterocycles. The first-order valence-corrected chi connectivity index (χ1v) is 6.45. The van der Waals surface area contributed by atoms with Gasteiger partial charge in [-0.2, -0.15) is 0 Å². The second-order valence-electron chi connectivity index (χ2n) is 3.84. The molecule has 1 aliphatic rings. The Balaban J connectivity index is 2.03. The van der Waals surface area contributed by atoms with Gasteiger partial charge in [-0.1, -0.05) is 11.6 Å². The molecule has 2 heterocycles. The second kappa shape index (κ2) is 5.27. The summed E-state index contributed by atoms with van der Waals surface area (Å²) in [6.45, 7) is 5.89. The summed E-state index contributed by atoms with van der Waals surface area (Å²) in [5.41, 5.74) is 0.648. The van der Waals surface area contributed by atoms with Crippen LogP contribution in [0, 0.1) is 0 Å². The number of rotatable bonds is 3. The number of nitrogens with zero attached hydrogens (tertiary/aromatic N) is 1. The summed E-state index contributed by atoms with van der Waals surface area (Å²) in [7, 11) is 0. The predicted octanol–water partition coefficient (Wildman–Crippen LogP) is 2.44. The van der Waals surface area contributed by atoms with Crippen LogP contribution >= 0.6 is 22.9 Å². The maximum Gasteiger partial charge on any atom is 0.162 e. The lowest BCUT2D eigenvalue weighted by Gasteiger charge is -2.25. The molecule has 0 spiro atoms. The zero-order valence-electron chi connectivity index (χ0n) is 9.16. The minimum absolute atomic E-state index is 0.0366. The summed E-state index contributed by atoms with van der Waals surface area (Å²) in [4.78, 5) is 14.7. The number of thiophene rings is 1. The smallest absolute Gasteiger partial charge is 0.162 e. The van der Waals surface area contributed by atoms with E-state index in [2.05, 4.69) is 4.90 Å². The van der Waals surface area contributed by atoms with E-state index >= 15 is 0 Å². The third kappa shape index (κ3) is 2.83. The number of carbonyl (C=O) groups is 1. The van der Waals surface area contributed by atoms with Crippen molar-refractivity contribution in [1.29, 1.82) is 0 Å². The van der Waals surface area contributed by atoms with E-state index in [0.29, 0.717) is 9.90 Å². The molecule has 0 atom stereocenters. The average molecular weight is 260 g/mol. The minimum Gasteiger partial charge on any atom is -0.379 e. The SMILES string of the molecule is CC(=O)c1cc(CN2CCOCC2)sc1Cl. The van der Waals surface area contributed by atoms with Crippen LogP contribution in [-0.4, -0.2) is 37.0 Å². The zero-order valence-corrected chi connectivity index (χ0v) is 10.7. The minimum atomic E-state index is 0.0366. The molecule has 16 heavy (non-hydrogen) atoms. The van der Waals surface area contributed by atoms with E-state index in [0.717, 1.165) is 37.7 Å². The number of hydrogen-bond donors (Lipinski definition) is 0. The Morgan fingerprint density at radius 1 is 1.56 bits per heavy atom. The number of ketones is 1. The van der Waals surface area contributed by atoms with Crippen LogP contribution < -0.4 is 0 Å². The van der Waals surface area contributed by atoms with E-state index in [4.69, 9.17) is 16.3 Å². The summed E-state index contributed by atoms with van der Waals surface area (Å²) in [6, 6.07) is 1.91. The fourth-order valence-corrected chi connectivity index (χ4v) is 3.17. The van der Waals surface area contributed by atoms with Crippen LogP contribution in [0.4, 0.5) is 0 Å². The largest absolute Gasteiger partial charge is 0.379 e. The average Bonchev–Trinajstić information content (AvgIpc) is 2.61. The van der Waals surface area contributed by atoms with Gasteiger partial charge in [0.1, 0.15) is 4.34 Å². The first-order chi connectivity index (χ1) is 7.66. The standard InChI is InChI=1S/C11H14ClNO2S/c1-8(14)10-6-9(16-11(10)12)7-13-2-4-15-5-3-13/h6H,2-5,7H2,1H3. The summed E-state index contributed by atoms with van der Waals surface area (Å²) in [6.07, 6.45) is 0. The molecule has 1 aromatic rings. The first kappa shape index (κ1) is 12.0. The molecule has 1 aromatic heterocycles. The number of hydrogen-bond acceptors (Lipinski definition) is 4. The number of halogens is 1. The van der Waals surface area contributed by atoms with Crippen molar-refractivity contribution in [3.8, 4) is 0 Å². The van der Waals surface area contributed by atoms with E-state index in [1.165, 1.54) is 11.3 Å². The number of ether oxygens (including phenoxy) is 1. The lowest BCUT2D eigenvalue weighted by molar-refractivity contribution is 0.0346. The molecule has 1 fully saturated rings. The van der Waals surface area contributed by atoms with Crippen molar-refractivity contribution in [2.45, 2.75) is 13.5 Å². The molecular formula is C11H14ClNO2S. The van der Waals surface area contributed by atoms with Gasteiger partial charge in [-0.25, -0.2) is 0 Å². The highest BCUT2D eigenvalue weighted by Gasteiger charge is 2.15. The third-order valence-electron chi connectivity index (χ3n) is 2.60. The number of Topliss-reactive ketones (excluding diaryl/α,β-unsaturated/α-hetero) is 1. The van der Waals surface area contributed by atoms with Gasteiger partial charge in [-0.3, -0.25) is 9.69 Å². The molecule has 0 aromatic carbocycles. The van der Waals surface area contributed by atoms with Crippen LogP contribution in [0.25, 0.3) is 0 Å². The molecule has 1 aliphatic heterocycles. The van der Waals surface area contributed by atoms with Gasteiger partial charge in [0.25, 0.3) is 0 Å². The predicted molar refractivity (Wildman–Crippen MR) is 65.4 cm³/mol. The van der Waals surface area contributed by atoms with Crippen molar-refractivity contribution in [3.05, 3.63) is 20.8 Å². The molecule has 0 radical (unpaired) electrons. The third-order valence-corrected chi connectivity index (χ3v) is 3.94. The summed E-state index contributed by atoms with van der Waals surface area (Å²) >= 11 is 7.51. The van der Waals surface area contributed by atoms with Gasteiger partial charge in [-0.05, 0) is 13.0 Å². The van der Waals surface area contributed by atoms with E-state index in [1.807, 2.05) is 6.07 Å². The Bertz CT molecular complexity index is 385. The Hall–Kier alpha value is -0.420. The molecule has 5 heteroatoms. The van der Waals surface area contributed by atoms with Crippen LogP contribution in [0.15, 0.2) is 6.07 Å². The number of carbonyl (C=O) groups excluding carboxylic acids is 1. The molecule has 0 saturated carbocycles. The van der Waals surface area contributed by atoms with Crippen LogP contribution in [-0.2, 0) is 11.3 Å². The first-order valence-electron chi connectivity index (χ1n) is 5.26. The molecule has 0 unspecified atom stereocenters. The van der Waals surface area contributed by atoms with Gasteiger partial charge in [-0.15, -0.1) is 11.3 Å². The Labute approximate surface area is 104 Å². The van der Waals surface area contributed by atoms with Crippen LogP contribution in [0.5, 0.6) is 0 Å². The Kier molecular flexibility index (Phi) is 3.97. The normalized spacial score (nSPS) is 17.6. The molecule has 88 valence electrons. The molecule has 0 bridgehead atoms. The van der Waals surface area contributed by atoms with Gasteiger partial charge >= 0.3 is 0 Å². The fraction of sp³-hybridized carbons (Fsp3) is 0.545. The highest BCUT2D eigenvalue weighted by molar-refractivity contribution is 7.16. The molecule has 0 aliphatic carbocycles. The van der Waals surface area contributed by atoms with Crippen molar-refractivity contribution < 1.29 is 9.53 Å². The van der Waals surface area contributed by atoms with E-state index in [-0.39, 0.29) is 5.78 Å². The van der Waals surface area contributed by atoms with Crippen molar-refractivity contribution in [3.63, 3.8) is 0 Å². The lowest BCUT2D eigenvalue weighted by Crippen LogP contribution is -2.35. The van der Waals surface area contributed by atoms with Crippen LogP contribution in [0.1, 0.15) is 22.2 Å². The maximum absolute atomic E-state index is 11.3. The summed E-state index contributed by atoms with van der Waals surface area (Å²) < 4.78 is 5.89. The van der Waals surface area contributed by atoms with Crippen molar-refractivity contribution in [2.24, 2.45) is 0 Å². The Morgan fingerprint density at radius 2 is 2.25 bits per heavy atom. The summed E-state index contributed by atoms with van der Waals surface area (Å²) in [5, 5.41) is 0. The molecule has 0 amide bonds. The highest BCUT2D eigenvalue weighted by Crippen LogP contribution is 2.29. The van der Waals surface area contributed by atoms with E-state index < -0.39 is 0 Å². The quantitative estimate of drug-likeness (QED) is 0.781. The van der Waals surface area contributed by atoms with Gasteiger partial charge in [0, 0.05) is 30.1 Å². The van der Waals surface area contributed by atoms with Crippen molar-refractivity contribution >= 4 is 28.7 Å². The van der Waals surface area contributed by atoms with Gasteiger partial charge in [0.2, 0.25) is 0 Å². The highest BCUT2D eigenvalue weighted by atomic mass is 35.5. The topological polar surface area (TPSA) is 29.5 Å². The lowest BCUT2D eigenvalue weighted by atomic mass is 10.2. The van der Waals surface area contributed by atoms with Gasteiger partial charge in [0.05, 0.1) is 13.2 Å². The molecular weight excluding hydrogens is 246 g/mol. The van der Waals surface area contributed by atoms with Crippen molar-refractivity contribution in [2.75, 3.05) is 26.3 Å². The molecule has 2 rings (SSSR count). The Morgan fingerprint density at radius 3 is 2.81 bits per heavy atom. The fourth-order valence-electron chi connectivity index (χ4n) is 1.71. The molecule has 3 nitrogen and oxygen atoms in total. The summed E-state index contributed by atoms with van der Waals surface area (Å²) in [5.74, 6) is 0.0366. The van der Waals surface area contributed by atoms with E-state index in [1.54, 1.807) is 6.92 Å². The van der Waals surface area contributed by atoms with Crippen LogP contribution in [0.2, 0.25) is 4.34 Å². The van der Waals surface area contributed by atoms with Gasteiger partial charge in [0.15, 0.2) is 5.78 Å². The molecule has 0 N–H and O–H groups in total. The second-order valence-corrected chi connectivity index (χ2v) is 5.58. The zero-order chi connectivity index (χ0) is 11.5.